The van der Waals surface area contributed by atoms with E-state index < -0.39 is 0 Å². The van der Waals surface area contributed by atoms with Crippen LogP contribution in [0.2, 0.25) is 0 Å². The number of para-hydroxylation sites is 1. The molecule has 5 nitrogen and oxygen atoms in total. The zero-order valence-corrected chi connectivity index (χ0v) is 30.0. The van der Waals surface area contributed by atoms with Gasteiger partial charge in [-0.3, -0.25) is 9.69 Å². The lowest BCUT2D eigenvalue weighted by atomic mass is 9.87. The molecule has 6 aromatic carbocycles. The number of aromatic nitrogens is 1. The van der Waals surface area contributed by atoms with Crippen LogP contribution in [-0.4, -0.2) is 46.5 Å². The summed E-state index contributed by atoms with van der Waals surface area (Å²) in [5, 5.41) is 1.18. The van der Waals surface area contributed by atoms with Gasteiger partial charge in [0.15, 0.2) is 0 Å². The Morgan fingerprint density at radius 2 is 1.15 bits per heavy atom. The second-order valence-corrected chi connectivity index (χ2v) is 14.0. The van der Waals surface area contributed by atoms with Crippen molar-refractivity contribution in [2.75, 3.05) is 26.2 Å². The van der Waals surface area contributed by atoms with Crippen LogP contribution in [0.5, 0.6) is 5.75 Å². The number of amides is 1. The van der Waals surface area contributed by atoms with Crippen molar-refractivity contribution in [3.63, 3.8) is 0 Å². The van der Waals surface area contributed by atoms with Crippen molar-refractivity contribution in [3.8, 4) is 5.75 Å². The van der Waals surface area contributed by atoms with Crippen molar-refractivity contribution in [3.05, 3.63) is 209 Å². The summed E-state index contributed by atoms with van der Waals surface area (Å²) in [5.74, 6) is 0.837. The lowest BCUT2D eigenvalue weighted by Gasteiger charge is -2.40. The average Bonchev–Trinajstić information content (AvgIpc) is 3.58. The Morgan fingerprint density at radius 1 is 0.585 bits per heavy atom. The third kappa shape index (κ3) is 7.96. The molecule has 53 heavy (non-hydrogen) atoms. The van der Waals surface area contributed by atoms with Gasteiger partial charge in [-0.05, 0) is 51.6 Å². The van der Waals surface area contributed by atoms with Gasteiger partial charge in [-0.1, -0.05) is 152 Å². The van der Waals surface area contributed by atoms with E-state index in [4.69, 9.17) is 4.74 Å². The Labute approximate surface area is 312 Å². The number of carbonyl (C=O) groups excluding carboxylic acids is 1. The SMILES string of the molecule is O=C(CC(c1cccc(OCc2ccccc2)c1)c1cn(Cc2ccccc2)c2ccccc12)N1CCN(C(c2ccccc2)c2ccccc2)CC1. The molecular formula is C48H45N3O2. The highest BCUT2D eigenvalue weighted by Gasteiger charge is 2.31. The summed E-state index contributed by atoms with van der Waals surface area (Å²) in [5.41, 5.74) is 8.33. The molecule has 5 heteroatoms. The van der Waals surface area contributed by atoms with Crippen LogP contribution >= 0.6 is 0 Å². The van der Waals surface area contributed by atoms with Gasteiger partial charge in [0.1, 0.15) is 12.4 Å². The Morgan fingerprint density at radius 3 is 1.81 bits per heavy atom. The Kier molecular flexibility index (Phi) is 10.4. The maximum Gasteiger partial charge on any atom is 0.223 e. The molecule has 264 valence electrons. The van der Waals surface area contributed by atoms with E-state index in [2.05, 4.69) is 166 Å². The van der Waals surface area contributed by atoms with Gasteiger partial charge in [-0.2, -0.15) is 0 Å². The number of nitrogens with zero attached hydrogens (tertiary/aromatic N) is 3. The molecule has 1 unspecified atom stereocenters. The maximum atomic E-state index is 14.5. The summed E-state index contributed by atoms with van der Waals surface area (Å²) < 4.78 is 8.65. The molecule has 0 radical (unpaired) electrons. The minimum atomic E-state index is -0.149. The van der Waals surface area contributed by atoms with Crippen molar-refractivity contribution < 1.29 is 9.53 Å². The van der Waals surface area contributed by atoms with Crippen LogP contribution in [0.1, 0.15) is 51.8 Å². The van der Waals surface area contributed by atoms with Crippen molar-refractivity contribution in [1.82, 2.24) is 14.4 Å². The summed E-state index contributed by atoms with van der Waals surface area (Å²) in [6.45, 7) is 4.25. The Hall–Kier alpha value is -5.91. The van der Waals surface area contributed by atoms with Crippen LogP contribution in [0.25, 0.3) is 10.9 Å². The van der Waals surface area contributed by atoms with Gasteiger partial charge in [-0.25, -0.2) is 0 Å². The molecule has 0 saturated carbocycles. The standard InChI is InChI=1S/C48H45N3O2/c52-47(49-28-30-50(31-29-49)48(39-20-9-3-10-21-39)40-22-11-4-12-23-40)33-44(41-24-15-25-42(32-41)53-36-38-18-7-2-8-19-38)45-35-51(34-37-16-5-1-6-17-37)46-27-14-13-26-43(45)46/h1-27,32,35,44,48H,28-31,33-34,36H2. The van der Waals surface area contributed by atoms with Crippen LogP contribution in [0.15, 0.2) is 176 Å². The molecule has 1 fully saturated rings. The molecule has 1 aliphatic rings. The molecular weight excluding hydrogens is 651 g/mol. The second-order valence-electron chi connectivity index (χ2n) is 14.0. The highest BCUT2D eigenvalue weighted by atomic mass is 16.5. The fraction of sp³-hybridized carbons (Fsp3) is 0.188. The van der Waals surface area contributed by atoms with Crippen LogP contribution in [0.3, 0.4) is 0 Å². The van der Waals surface area contributed by atoms with Gasteiger partial charge in [0.25, 0.3) is 0 Å². The molecule has 8 rings (SSSR count). The summed E-state index contributed by atoms with van der Waals surface area (Å²) in [7, 11) is 0. The summed E-state index contributed by atoms with van der Waals surface area (Å²) in [6, 6.07) is 59.4. The average molecular weight is 696 g/mol. The number of rotatable bonds is 12. The van der Waals surface area contributed by atoms with Crippen molar-refractivity contribution in [2.24, 2.45) is 0 Å². The minimum absolute atomic E-state index is 0.149. The Balaban J connectivity index is 1.07. The van der Waals surface area contributed by atoms with Crippen molar-refractivity contribution >= 4 is 16.8 Å². The zero-order valence-electron chi connectivity index (χ0n) is 30.0. The van der Waals surface area contributed by atoms with E-state index >= 15 is 0 Å². The largest absolute Gasteiger partial charge is 0.489 e. The van der Waals surface area contributed by atoms with Crippen molar-refractivity contribution in [1.29, 1.82) is 0 Å². The molecule has 1 amide bonds. The molecule has 1 aliphatic heterocycles. The van der Waals surface area contributed by atoms with Crippen LogP contribution in [0.4, 0.5) is 0 Å². The summed E-state index contributed by atoms with van der Waals surface area (Å²) in [6.07, 6.45) is 2.65. The van der Waals surface area contributed by atoms with E-state index in [1.807, 2.05) is 24.3 Å². The molecule has 0 spiro atoms. The number of ether oxygens (including phenoxy) is 1. The van der Waals surface area contributed by atoms with Gasteiger partial charge in [-0.15, -0.1) is 0 Å². The molecule has 1 aromatic heterocycles. The number of benzene rings is 6. The summed E-state index contributed by atoms with van der Waals surface area (Å²) >= 11 is 0. The van der Waals surface area contributed by atoms with Crippen molar-refractivity contribution in [2.45, 2.75) is 31.5 Å². The number of hydrogen-bond acceptors (Lipinski definition) is 3. The van der Waals surface area contributed by atoms with Gasteiger partial charge in [0, 0.05) is 62.2 Å². The number of hydrogen-bond donors (Lipinski definition) is 0. The third-order valence-electron chi connectivity index (χ3n) is 10.5. The number of piperazine rings is 1. The lowest BCUT2D eigenvalue weighted by Crippen LogP contribution is -2.50. The van der Waals surface area contributed by atoms with Crippen LogP contribution in [-0.2, 0) is 17.9 Å². The highest BCUT2D eigenvalue weighted by molar-refractivity contribution is 5.87. The molecule has 1 saturated heterocycles. The predicted molar refractivity (Wildman–Crippen MR) is 214 cm³/mol. The van der Waals surface area contributed by atoms with E-state index in [0.717, 1.165) is 42.1 Å². The number of carbonyl (C=O) groups is 1. The van der Waals surface area contributed by atoms with Gasteiger partial charge >= 0.3 is 0 Å². The van der Waals surface area contributed by atoms with E-state index in [0.29, 0.717) is 26.1 Å². The van der Waals surface area contributed by atoms with E-state index in [-0.39, 0.29) is 17.9 Å². The Bertz CT molecular complexity index is 2190. The first-order valence-electron chi connectivity index (χ1n) is 18.7. The van der Waals surface area contributed by atoms with Crippen LogP contribution < -0.4 is 4.74 Å². The smallest absolute Gasteiger partial charge is 0.223 e. The normalized spacial score (nSPS) is 14.0. The predicted octanol–water partition coefficient (Wildman–Crippen LogP) is 9.72. The highest BCUT2D eigenvalue weighted by Crippen LogP contribution is 2.37. The molecule has 0 N–H and O–H groups in total. The first kappa shape index (κ1) is 34.2. The van der Waals surface area contributed by atoms with E-state index in [1.54, 1.807) is 0 Å². The number of fused-ring (bicyclic) bond motifs is 1. The summed E-state index contributed by atoms with van der Waals surface area (Å²) in [4.78, 5) is 19.1. The van der Waals surface area contributed by atoms with Gasteiger partial charge in [0.05, 0.1) is 6.04 Å². The van der Waals surface area contributed by atoms with E-state index in [1.165, 1.54) is 27.6 Å². The fourth-order valence-corrected chi connectivity index (χ4v) is 7.85. The molecule has 7 aromatic rings. The van der Waals surface area contributed by atoms with E-state index in [9.17, 15) is 4.79 Å². The maximum absolute atomic E-state index is 14.5. The minimum Gasteiger partial charge on any atom is -0.489 e. The molecule has 0 bridgehead atoms. The van der Waals surface area contributed by atoms with Crippen LogP contribution in [0, 0.1) is 0 Å². The van der Waals surface area contributed by atoms with Gasteiger partial charge < -0.3 is 14.2 Å². The molecule has 0 aliphatic carbocycles. The second kappa shape index (κ2) is 16.2. The zero-order chi connectivity index (χ0) is 35.8. The third-order valence-corrected chi connectivity index (χ3v) is 10.5. The topological polar surface area (TPSA) is 37.7 Å². The first-order valence-corrected chi connectivity index (χ1v) is 18.7. The van der Waals surface area contributed by atoms with Gasteiger partial charge in [0.2, 0.25) is 5.91 Å². The molecule has 1 atom stereocenters. The first-order chi connectivity index (χ1) is 26.2. The lowest BCUT2D eigenvalue weighted by molar-refractivity contribution is -0.133. The quantitative estimate of drug-likeness (QED) is 0.128. The monoisotopic (exact) mass is 695 g/mol. The fourth-order valence-electron chi connectivity index (χ4n) is 7.85. The molecule has 2 heterocycles.